The van der Waals surface area contributed by atoms with Crippen molar-refractivity contribution < 1.29 is 14.3 Å². The van der Waals surface area contributed by atoms with Crippen LogP contribution in [0.2, 0.25) is 0 Å². The molecule has 5 heteroatoms. The number of aliphatic hydroxyl groups excluding tert-OH is 1. The first-order valence-corrected chi connectivity index (χ1v) is 8.02. The second kappa shape index (κ2) is 7.51. The fraction of sp³-hybridized carbons (Fsp3) is 0.500. The molecule has 0 spiro atoms. The summed E-state index contributed by atoms with van der Waals surface area (Å²) in [6, 6.07) is 7.65. The van der Waals surface area contributed by atoms with E-state index in [1.807, 2.05) is 45.0 Å². The Hall–Kier alpha value is -2.01. The van der Waals surface area contributed by atoms with Crippen molar-refractivity contribution >= 4 is 17.0 Å². The predicted octanol–water partition coefficient (Wildman–Crippen LogP) is 3.34. The van der Waals surface area contributed by atoms with Gasteiger partial charge < -0.3 is 20.2 Å². The van der Waals surface area contributed by atoms with Gasteiger partial charge in [-0.1, -0.05) is 32.0 Å². The van der Waals surface area contributed by atoms with Gasteiger partial charge in [0.25, 0.3) is 0 Å². The fourth-order valence-electron chi connectivity index (χ4n) is 2.46. The molecule has 126 valence electrons. The van der Waals surface area contributed by atoms with E-state index in [4.69, 9.17) is 4.42 Å². The number of aryl methyl sites for hydroxylation is 1. The molecular weight excluding hydrogens is 292 g/mol. The molecule has 0 aliphatic heterocycles. The monoisotopic (exact) mass is 318 g/mol. The number of furan rings is 1. The third-order valence-corrected chi connectivity index (χ3v) is 4.10. The maximum atomic E-state index is 11.8. The van der Waals surface area contributed by atoms with Crippen molar-refractivity contribution in [3.63, 3.8) is 0 Å². The molecule has 0 fully saturated rings. The summed E-state index contributed by atoms with van der Waals surface area (Å²) in [6.45, 7) is 7.14. The molecule has 0 bridgehead atoms. The average Bonchev–Trinajstić information content (AvgIpc) is 2.86. The third kappa shape index (κ3) is 4.73. The van der Waals surface area contributed by atoms with Crippen LogP contribution >= 0.6 is 0 Å². The molecule has 0 saturated heterocycles. The van der Waals surface area contributed by atoms with Crippen LogP contribution in [-0.4, -0.2) is 24.3 Å². The summed E-state index contributed by atoms with van der Waals surface area (Å²) in [7, 11) is 0. The Morgan fingerprint density at radius 1 is 1.26 bits per heavy atom. The van der Waals surface area contributed by atoms with Crippen LogP contribution in [0, 0.1) is 12.3 Å². The van der Waals surface area contributed by atoms with Gasteiger partial charge in [-0.2, -0.15) is 0 Å². The topological polar surface area (TPSA) is 74.5 Å². The Kier molecular flexibility index (Phi) is 5.66. The summed E-state index contributed by atoms with van der Waals surface area (Å²) in [5.41, 5.74) is 1.81. The molecule has 0 unspecified atom stereocenters. The number of rotatable bonds is 7. The lowest BCUT2D eigenvalue weighted by Gasteiger charge is -2.21. The molecule has 0 saturated carbocycles. The molecule has 2 aromatic rings. The van der Waals surface area contributed by atoms with E-state index in [0.717, 1.165) is 35.1 Å². The Morgan fingerprint density at radius 3 is 2.70 bits per heavy atom. The maximum Gasteiger partial charge on any atom is 0.315 e. The van der Waals surface area contributed by atoms with Crippen LogP contribution < -0.4 is 10.6 Å². The summed E-state index contributed by atoms with van der Waals surface area (Å²) < 4.78 is 5.76. The van der Waals surface area contributed by atoms with Gasteiger partial charge in [-0.3, -0.25) is 0 Å². The lowest BCUT2D eigenvalue weighted by molar-refractivity contribution is 0.148. The largest absolute Gasteiger partial charge is 0.459 e. The van der Waals surface area contributed by atoms with Gasteiger partial charge in [0.1, 0.15) is 11.3 Å². The van der Waals surface area contributed by atoms with Gasteiger partial charge >= 0.3 is 6.03 Å². The van der Waals surface area contributed by atoms with E-state index >= 15 is 0 Å². The molecule has 23 heavy (non-hydrogen) atoms. The second-order valence-electron chi connectivity index (χ2n) is 6.68. The van der Waals surface area contributed by atoms with Gasteiger partial charge in [0, 0.05) is 24.1 Å². The van der Waals surface area contributed by atoms with E-state index in [-0.39, 0.29) is 18.1 Å². The van der Waals surface area contributed by atoms with E-state index in [1.54, 1.807) is 0 Å². The number of hydrogen-bond acceptors (Lipinski definition) is 3. The standard InChI is InChI=1S/C18H26N2O3/c1-13-14-7-4-5-8-15(14)23-16(13)11-20-17(22)19-10-6-9-18(2,3)12-21/h4-5,7-8,21H,6,9-12H2,1-3H3,(H2,19,20,22). The third-order valence-electron chi connectivity index (χ3n) is 4.10. The first-order chi connectivity index (χ1) is 10.9. The molecule has 0 aliphatic carbocycles. The first-order valence-electron chi connectivity index (χ1n) is 8.02. The van der Waals surface area contributed by atoms with Crippen LogP contribution in [0.15, 0.2) is 28.7 Å². The van der Waals surface area contributed by atoms with Crippen molar-refractivity contribution in [1.29, 1.82) is 0 Å². The minimum absolute atomic E-state index is 0.0937. The van der Waals surface area contributed by atoms with Gasteiger partial charge in [0.15, 0.2) is 0 Å². The molecule has 0 radical (unpaired) electrons. The minimum Gasteiger partial charge on any atom is -0.459 e. The summed E-state index contributed by atoms with van der Waals surface area (Å²) >= 11 is 0. The maximum absolute atomic E-state index is 11.8. The van der Waals surface area contributed by atoms with Crippen molar-refractivity contribution in [3.05, 3.63) is 35.6 Å². The molecule has 2 rings (SSSR count). The molecule has 1 aromatic carbocycles. The molecule has 1 heterocycles. The Balaban J connectivity index is 1.77. The van der Waals surface area contributed by atoms with Gasteiger partial charge in [0.2, 0.25) is 0 Å². The van der Waals surface area contributed by atoms with Gasteiger partial charge in [-0.15, -0.1) is 0 Å². The number of aliphatic hydroxyl groups is 1. The lowest BCUT2D eigenvalue weighted by Crippen LogP contribution is -2.36. The Morgan fingerprint density at radius 2 is 2.00 bits per heavy atom. The number of benzene rings is 1. The lowest BCUT2D eigenvalue weighted by atomic mass is 9.89. The molecule has 3 N–H and O–H groups in total. The van der Waals surface area contributed by atoms with Crippen LogP contribution in [-0.2, 0) is 6.54 Å². The molecule has 1 aromatic heterocycles. The molecule has 5 nitrogen and oxygen atoms in total. The van der Waals surface area contributed by atoms with E-state index in [9.17, 15) is 9.90 Å². The van der Waals surface area contributed by atoms with Crippen LogP contribution in [0.4, 0.5) is 4.79 Å². The SMILES string of the molecule is Cc1c(CNC(=O)NCCCC(C)(C)CO)oc2ccccc12. The number of amides is 2. The number of urea groups is 1. The molecule has 0 aliphatic rings. The van der Waals surface area contributed by atoms with Crippen LogP contribution in [0.3, 0.4) is 0 Å². The summed E-state index contributed by atoms with van der Waals surface area (Å²) in [5.74, 6) is 0.780. The first kappa shape index (κ1) is 17.3. The molecule has 2 amide bonds. The highest BCUT2D eigenvalue weighted by Gasteiger charge is 2.15. The zero-order chi connectivity index (χ0) is 16.9. The summed E-state index contributed by atoms with van der Waals surface area (Å²) in [5, 5.41) is 15.9. The number of hydrogen-bond donors (Lipinski definition) is 3. The van der Waals surface area contributed by atoms with Crippen LogP contribution in [0.1, 0.15) is 38.0 Å². The Labute approximate surface area is 137 Å². The fourth-order valence-corrected chi connectivity index (χ4v) is 2.46. The molecular formula is C18H26N2O3. The Bertz CT molecular complexity index is 661. The van der Waals surface area contributed by atoms with E-state index in [2.05, 4.69) is 10.6 Å². The van der Waals surface area contributed by atoms with Gasteiger partial charge in [0.05, 0.1) is 6.54 Å². The predicted molar refractivity (Wildman–Crippen MR) is 91.3 cm³/mol. The van der Waals surface area contributed by atoms with E-state index in [1.165, 1.54) is 0 Å². The van der Waals surface area contributed by atoms with Crippen molar-refractivity contribution in [2.24, 2.45) is 5.41 Å². The number of para-hydroxylation sites is 1. The van der Waals surface area contributed by atoms with Crippen molar-refractivity contribution in [3.8, 4) is 0 Å². The molecule has 0 atom stereocenters. The zero-order valence-electron chi connectivity index (χ0n) is 14.1. The smallest absolute Gasteiger partial charge is 0.315 e. The van der Waals surface area contributed by atoms with E-state index in [0.29, 0.717) is 13.1 Å². The number of carbonyl (C=O) groups excluding carboxylic acids is 1. The highest BCUT2D eigenvalue weighted by atomic mass is 16.3. The van der Waals surface area contributed by atoms with Crippen molar-refractivity contribution in [2.75, 3.05) is 13.2 Å². The second-order valence-corrected chi connectivity index (χ2v) is 6.68. The van der Waals surface area contributed by atoms with Crippen LogP contribution in [0.5, 0.6) is 0 Å². The summed E-state index contributed by atoms with van der Waals surface area (Å²) in [4.78, 5) is 11.8. The number of carbonyl (C=O) groups is 1. The highest BCUT2D eigenvalue weighted by Crippen LogP contribution is 2.24. The number of nitrogens with one attached hydrogen (secondary N) is 2. The summed E-state index contributed by atoms with van der Waals surface area (Å²) in [6.07, 6.45) is 1.71. The van der Waals surface area contributed by atoms with Crippen molar-refractivity contribution in [2.45, 2.75) is 40.2 Å². The van der Waals surface area contributed by atoms with Gasteiger partial charge in [-0.25, -0.2) is 4.79 Å². The quantitative estimate of drug-likeness (QED) is 0.685. The van der Waals surface area contributed by atoms with Crippen molar-refractivity contribution in [1.82, 2.24) is 10.6 Å². The number of fused-ring (bicyclic) bond motifs is 1. The van der Waals surface area contributed by atoms with E-state index < -0.39 is 0 Å². The zero-order valence-corrected chi connectivity index (χ0v) is 14.1. The van der Waals surface area contributed by atoms with Gasteiger partial charge in [-0.05, 0) is 31.2 Å². The van der Waals surface area contributed by atoms with Crippen LogP contribution in [0.25, 0.3) is 11.0 Å². The average molecular weight is 318 g/mol. The minimum atomic E-state index is -0.202. The highest BCUT2D eigenvalue weighted by molar-refractivity contribution is 5.82. The normalized spacial score (nSPS) is 11.7.